The first-order chi connectivity index (χ1) is 8.04. The SMILES string of the molecule is CN(C)CCOc1nc(NN)ncc1[N+](=O)[O-]. The van der Waals surface area contributed by atoms with Crippen molar-refractivity contribution < 1.29 is 9.66 Å². The van der Waals surface area contributed by atoms with Gasteiger partial charge in [0, 0.05) is 6.54 Å². The minimum atomic E-state index is -0.606. The number of nitrogen functional groups attached to an aromatic ring is 1. The fraction of sp³-hybridized carbons (Fsp3) is 0.500. The molecule has 0 saturated carbocycles. The number of hydrogen-bond donors (Lipinski definition) is 2. The molecule has 0 unspecified atom stereocenters. The number of nitrogens with zero attached hydrogens (tertiary/aromatic N) is 4. The van der Waals surface area contributed by atoms with Gasteiger partial charge in [0.2, 0.25) is 5.95 Å². The van der Waals surface area contributed by atoms with Gasteiger partial charge in [-0.15, -0.1) is 0 Å². The van der Waals surface area contributed by atoms with Crippen molar-refractivity contribution in [3.63, 3.8) is 0 Å². The van der Waals surface area contributed by atoms with Gasteiger partial charge in [-0.3, -0.25) is 15.5 Å². The summed E-state index contributed by atoms with van der Waals surface area (Å²) in [4.78, 5) is 19.4. The lowest BCUT2D eigenvalue weighted by molar-refractivity contribution is -0.386. The van der Waals surface area contributed by atoms with E-state index in [9.17, 15) is 10.1 Å². The summed E-state index contributed by atoms with van der Waals surface area (Å²) in [6, 6.07) is 0. The first-order valence-electron chi connectivity index (χ1n) is 4.80. The Labute approximate surface area is 97.7 Å². The van der Waals surface area contributed by atoms with Crippen LogP contribution in [0.5, 0.6) is 5.88 Å². The highest BCUT2D eigenvalue weighted by Gasteiger charge is 2.18. The molecule has 94 valence electrons. The minimum Gasteiger partial charge on any atom is -0.471 e. The van der Waals surface area contributed by atoms with E-state index < -0.39 is 4.92 Å². The lowest BCUT2D eigenvalue weighted by atomic mass is 10.5. The summed E-state index contributed by atoms with van der Waals surface area (Å²) in [5.41, 5.74) is 1.91. The van der Waals surface area contributed by atoms with Crippen molar-refractivity contribution in [2.24, 2.45) is 5.84 Å². The van der Waals surface area contributed by atoms with Crippen LogP contribution in [-0.4, -0.2) is 47.0 Å². The molecular formula is C8H14N6O3. The van der Waals surface area contributed by atoms with Gasteiger partial charge in [0.05, 0.1) is 4.92 Å². The van der Waals surface area contributed by atoms with Crippen molar-refractivity contribution in [3.05, 3.63) is 16.3 Å². The zero-order chi connectivity index (χ0) is 12.8. The molecule has 0 bridgehead atoms. The summed E-state index contributed by atoms with van der Waals surface area (Å²) in [7, 11) is 3.73. The van der Waals surface area contributed by atoms with E-state index in [-0.39, 0.29) is 24.1 Å². The van der Waals surface area contributed by atoms with E-state index in [1.54, 1.807) is 0 Å². The van der Waals surface area contributed by atoms with Gasteiger partial charge < -0.3 is 9.64 Å². The molecule has 0 amide bonds. The van der Waals surface area contributed by atoms with Crippen LogP contribution in [-0.2, 0) is 0 Å². The zero-order valence-corrected chi connectivity index (χ0v) is 9.58. The number of nitro groups is 1. The first kappa shape index (κ1) is 13.1. The molecule has 0 fully saturated rings. The molecule has 1 rings (SSSR count). The highest BCUT2D eigenvalue weighted by molar-refractivity contribution is 5.42. The van der Waals surface area contributed by atoms with Gasteiger partial charge in [-0.2, -0.15) is 4.98 Å². The molecule has 0 radical (unpaired) electrons. The average molecular weight is 242 g/mol. The van der Waals surface area contributed by atoms with E-state index in [1.165, 1.54) is 0 Å². The van der Waals surface area contributed by atoms with E-state index in [0.29, 0.717) is 6.54 Å². The normalized spacial score (nSPS) is 10.4. The van der Waals surface area contributed by atoms with Gasteiger partial charge in [0.15, 0.2) is 0 Å². The number of hydrazine groups is 1. The number of rotatable bonds is 6. The van der Waals surface area contributed by atoms with Crippen molar-refractivity contribution in [1.82, 2.24) is 14.9 Å². The molecule has 0 aromatic carbocycles. The van der Waals surface area contributed by atoms with E-state index in [1.807, 2.05) is 19.0 Å². The maximum atomic E-state index is 10.7. The third-order valence-electron chi connectivity index (χ3n) is 1.84. The lowest BCUT2D eigenvalue weighted by Crippen LogP contribution is -2.20. The second kappa shape index (κ2) is 5.92. The Balaban J connectivity index is 2.82. The maximum absolute atomic E-state index is 10.7. The quantitative estimate of drug-likeness (QED) is 0.393. The topological polar surface area (TPSA) is 119 Å². The largest absolute Gasteiger partial charge is 0.471 e. The molecular weight excluding hydrogens is 228 g/mol. The fourth-order valence-corrected chi connectivity index (χ4v) is 0.986. The van der Waals surface area contributed by atoms with E-state index in [4.69, 9.17) is 10.6 Å². The molecule has 0 atom stereocenters. The Morgan fingerprint density at radius 2 is 2.35 bits per heavy atom. The van der Waals surface area contributed by atoms with Crippen LogP contribution in [0, 0.1) is 10.1 Å². The summed E-state index contributed by atoms with van der Waals surface area (Å²) in [6.07, 6.45) is 1.05. The summed E-state index contributed by atoms with van der Waals surface area (Å²) < 4.78 is 5.22. The molecule has 17 heavy (non-hydrogen) atoms. The molecule has 9 nitrogen and oxygen atoms in total. The second-order valence-electron chi connectivity index (χ2n) is 3.44. The fourth-order valence-electron chi connectivity index (χ4n) is 0.986. The van der Waals surface area contributed by atoms with Crippen LogP contribution in [0.15, 0.2) is 6.20 Å². The number of anilines is 1. The third kappa shape index (κ3) is 3.81. The lowest BCUT2D eigenvalue weighted by Gasteiger charge is -2.10. The number of hydrogen-bond acceptors (Lipinski definition) is 8. The molecule has 1 heterocycles. The Morgan fingerprint density at radius 3 is 2.88 bits per heavy atom. The third-order valence-corrected chi connectivity index (χ3v) is 1.84. The molecule has 0 spiro atoms. The number of ether oxygens (including phenoxy) is 1. The predicted octanol–water partition coefficient (Wildman–Crippen LogP) is -0.389. The molecule has 1 aromatic heterocycles. The van der Waals surface area contributed by atoms with Crippen molar-refractivity contribution in [3.8, 4) is 5.88 Å². The van der Waals surface area contributed by atoms with Gasteiger partial charge in [0.25, 0.3) is 5.88 Å². The number of nitrogens with one attached hydrogen (secondary N) is 1. The standard InChI is InChI=1S/C8H14N6O3/c1-13(2)3-4-17-7-6(14(15)16)5-10-8(11-7)12-9/h5H,3-4,9H2,1-2H3,(H,10,11,12). The van der Waals surface area contributed by atoms with E-state index in [2.05, 4.69) is 15.4 Å². The highest BCUT2D eigenvalue weighted by Crippen LogP contribution is 2.23. The van der Waals surface area contributed by atoms with Crippen molar-refractivity contribution in [1.29, 1.82) is 0 Å². The molecule has 0 aliphatic rings. The molecule has 0 saturated heterocycles. The second-order valence-corrected chi connectivity index (χ2v) is 3.44. The van der Waals surface area contributed by atoms with Gasteiger partial charge in [0.1, 0.15) is 12.8 Å². The Kier molecular flexibility index (Phi) is 4.55. The smallest absolute Gasteiger partial charge is 0.349 e. The Bertz CT molecular complexity index is 397. The zero-order valence-electron chi connectivity index (χ0n) is 9.58. The van der Waals surface area contributed by atoms with Crippen LogP contribution in [0.3, 0.4) is 0 Å². The summed E-state index contributed by atoms with van der Waals surface area (Å²) in [5, 5.41) is 10.7. The molecule has 0 aliphatic carbocycles. The maximum Gasteiger partial charge on any atom is 0.349 e. The molecule has 0 aliphatic heterocycles. The van der Waals surface area contributed by atoms with Crippen molar-refractivity contribution >= 4 is 11.6 Å². The van der Waals surface area contributed by atoms with Crippen LogP contribution < -0.4 is 16.0 Å². The average Bonchev–Trinajstić information content (AvgIpc) is 2.28. The van der Waals surface area contributed by atoms with Gasteiger partial charge in [-0.05, 0) is 14.1 Å². The van der Waals surface area contributed by atoms with Crippen LogP contribution >= 0.6 is 0 Å². The number of nitrogens with two attached hydrogens (primary N) is 1. The molecule has 9 heteroatoms. The van der Waals surface area contributed by atoms with Crippen LogP contribution in [0.1, 0.15) is 0 Å². The van der Waals surface area contributed by atoms with Gasteiger partial charge in [-0.25, -0.2) is 10.8 Å². The summed E-state index contributed by atoms with van der Waals surface area (Å²) in [5.74, 6) is 5.08. The van der Waals surface area contributed by atoms with E-state index >= 15 is 0 Å². The Morgan fingerprint density at radius 1 is 1.65 bits per heavy atom. The highest BCUT2D eigenvalue weighted by atomic mass is 16.6. The minimum absolute atomic E-state index is 0.0652. The molecule has 3 N–H and O–H groups in total. The van der Waals surface area contributed by atoms with Gasteiger partial charge in [-0.1, -0.05) is 0 Å². The number of likely N-dealkylation sites (N-methyl/N-ethyl adjacent to an activating group) is 1. The van der Waals surface area contributed by atoms with Crippen LogP contribution in [0.4, 0.5) is 11.6 Å². The van der Waals surface area contributed by atoms with Gasteiger partial charge >= 0.3 is 5.69 Å². The predicted molar refractivity (Wildman–Crippen MR) is 60.5 cm³/mol. The van der Waals surface area contributed by atoms with E-state index in [0.717, 1.165) is 6.20 Å². The summed E-state index contributed by atoms with van der Waals surface area (Å²) in [6.45, 7) is 0.904. The molecule has 1 aromatic rings. The van der Waals surface area contributed by atoms with Crippen LogP contribution in [0.2, 0.25) is 0 Å². The van der Waals surface area contributed by atoms with Crippen molar-refractivity contribution in [2.45, 2.75) is 0 Å². The number of aromatic nitrogens is 2. The Hall–Kier alpha value is -2.00. The summed E-state index contributed by atoms with van der Waals surface area (Å²) >= 11 is 0. The monoisotopic (exact) mass is 242 g/mol. The van der Waals surface area contributed by atoms with Crippen LogP contribution in [0.25, 0.3) is 0 Å². The van der Waals surface area contributed by atoms with Crippen molar-refractivity contribution in [2.75, 3.05) is 32.7 Å². The first-order valence-corrected chi connectivity index (χ1v) is 4.80.